The second kappa shape index (κ2) is 69.8. The Morgan fingerprint density at radius 1 is 0.588 bits per heavy atom. The number of carbonyl (C=O) groups is 3. The third kappa shape index (κ3) is 161. The Morgan fingerprint density at radius 3 is 0.647 bits per heavy atom. The molecule has 3 aliphatic carbocycles. The van der Waals surface area contributed by atoms with Crippen LogP contribution in [0.5, 0.6) is 0 Å². The van der Waals surface area contributed by atoms with Crippen LogP contribution >= 0.6 is 23.2 Å². The molecule has 0 spiro atoms. The molecule has 6 radical (unpaired) electrons. The molecule has 0 aromatic heterocycles. The average molecular weight is 532 g/mol. The molecule has 0 bridgehead atoms. The molecule has 0 aromatic carbocycles. The minimum atomic E-state index is -0.361. The van der Waals surface area contributed by atoms with Crippen LogP contribution in [0.25, 0.3) is 0 Å². The van der Waals surface area contributed by atoms with E-state index in [1.807, 2.05) is 13.8 Å². The molecule has 2 N–H and O–H groups in total. The van der Waals surface area contributed by atoms with Gasteiger partial charge in [-0.1, -0.05) is 90.9 Å². The van der Waals surface area contributed by atoms with Gasteiger partial charge in [-0.05, 0) is 27.2 Å². The Morgan fingerprint density at radius 2 is 0.647 bits per heavy atom. The number of aliphatic hydroxyl groups excluding tert-OH is 2. The quantitative estimate of drug-likeness (QED) is 0.267. The molecule has 3 aliphatic rings. The maximum atomic E-state index is 9.59. The highest BCUT2D eigenvalue weighted by Crippen LogP contribution is 2.15. The zero-order valence-electron chi connectivity index (χ0n) is 26.0. The van der Waals surface area contributed by atoms with Crippen LogP contribution in [0.2, 0.25) is 0 Å². The summed E-state index contributed by atoms with van der Waals surface area (Å²) in [7, 11) is 14.6. The summed E-state index contributed by atoms with van der Waals surface area (Å²) in [5.74, 6) is -0.245. The van der Waals surface area contributed by atoms with Crippen molar-refractivity contribution in [3.8, 4) is 0 Å². The van der Waals surface area contributed by atoms with Crippen molar-refractivity contribution < 1.29 is 29.3 Å². The maximum Gasteiger partial charge on any atom is 0.302 e. The summed E-state index contributed by atoms with van der Waals surface area (Å²) in [6.45, 7) is 7.95. The predicted molar refractivity (Wildman–Crippen MR) is 155 cm³/mol. The Hall–Kier alpha value is -0.495. The zero-order valence-corrected chi connectivity index (χ0v) is 24.5. The molecule has 3 saturated carbocycles. The molecule has 0 aliphatic heterocycles. The van der Waals surface area contributed by atoms with Crippen LogP contribution in [0.15, 0.2) is 0 Å². The van der Waals surface area contributed by atoms with Crippen molar-refractivity contribution in [3.05, 3.63) is 0 Å². The Balaban J connectivity index is -0.0000000337. The summed E-state index contributed by atoms with van der Waals surface area (Å²) in [6.07, 6.45) is 18.0. The monoisotopic (exact) mass is 531 g/mol. The number of methoxy groups -OCH3 is 1. The van der Waals surface area contributed by atoms with Gasteiger partial charge in [-0.15, -0.1) is 0 Å². The summed E-state index contributed by atoms with van der Waals surface area (Å²) < 4.78 is 19.9. The molecule has 3 fully saturated rings. The van der Waals surface area contributed by atoms with E-state index in [9.17, 15) is 14.4 Å². The van der Waals surface area contributed by atoms with Crippen molar-refractivity contribution in [2.45, 2.75) is 112 Å². The SMILES string of the molecule is C1CCC1.C1CCC1.C1CCC1.CC.CC(=O)Cl.CC(=O)Cl.CO.CO.COC(C)=O.[2H][B].[2H][B].[2H][B]. The van der Waals surface area contributed by atoms with E-state index in [4.69, 9.17) is 14.2 Å². The van der Waals surface area contributed by atoms with Gasteiger partial charge in [-0.2, -0.15) is 0 Å². The molecule has 0 saturated heterocycles. The van der Waals surface area contributed by atoms with E-state index in [1.165, 1.54) is 105 Å². The number of halogens is 2. The lowest BCUT2D eigenvalue weighted by atomic mass is 10.0. The molecule has 0 atom stereocenters. The van der Waals surface area contributed by atoms with Crippen molar-refractivity contribution in [3.63, 3.8) is 0 Å². The third-order valence-corrected chi connectivity index (χ3v) is 3.29. The minimum Gasteiger partial charge on any atom is -0.469 e. The standard InChI is InChI=1S/3C4H8.C3H6O2.2C2H3ClO.C2H6.2CH4O.3BH/c3*1-2-4-3-1;1-3(4)5-2;2*1-2(3)4;3*1-2;;;/h3*1-4H2;1-2H3;2*1H3;1-2H3;2*2H,1H3;3*1H/i;;;;;;;;;3*1D. The van der Waals surface area contributed by atoms with Gasteiger partial charge >= 0.3 is 5.97 Å². The number of aliphatic hydroxyl groups is 2. The molecule has 204 valence electrons. The van der Waals surface area contributed by atoms with Gasteiger partial charge in [0.2, 0.25) is 10.5 Å². The molecular weight excluding hydrogens is 476 g/mol. The highest BCUT2D eigenvalue weighted by Gasteiger charge is 1.96. The first-order chi connectivity index (χ1) is 17.7. The number of hydrogen-bond donors (Lipinski definition) is 2. The average Bonchev–Trinajstić information content (AvgIpc) is 2.78. The lowest BCUT2D eigenvalue weighted by molar-refractivity contribution is -0.138. The Kier molecular flexibility index (Phi) is 96.0. The zero-order chi connectivity index (χ0) is 31.9. The van der Waals surface area contributed by atoms with Gasteiger partial charge < -0.3 is 14.9 Å². The first-order valence-electron chi connectivity index (χ1n) is 12.7. The topological polar surface area (TPSA) is 101 Å². The largest absolute Gasteiger partial charge is 0.469 e. The van der Waals surface area contributed by atoms with Gasteiger partial charge in [0.05, 0.1) is 7.11 Å². The van der Waals surface area contributed by atoms with Gasteiger partial charge in [-0.3, -0.25) is 14.4 Å². The lowest BCUT2D eigenvalue weighted by Gasteiger charge is -2.05. The second-order valence-electron chi connectivity index (χ2n) is 5.88. The van der Waals surface area contributed by atoms with Crippen molar-refractivity contribution >= 4 is 64.8 Å². The van der Waals surface area contributed by atoms with Crippen molar-refractivity contribution in [2.75, 3.05) is 21.3 Å². The van der Waals surface area contributed by atoms with Crippen LogP contribution in [0.4, 0.5) is 0 Å². The van der Waals surface area contributed by atoms with Crippen LogP contribution in [-0.4, -0.2) is 77.1 Å². The molecule has 3 rings (SSSR count). The number of esters is 1. The second-order valence-corrected chi connectivity index (χ2v) is 6.94. The van der Waals surface area contributed by atoms with Gasteiger partial charge in [0, 0.05) is 60.1 Å². The normalized spacial score (nSPS) is 12.1. The van der Waals surface area contributed by atoms with Gasteiger partial charge in [-0.25, -0.2) is 0 Å². The Labute approximate surface area is 231 Å². The number of carbonyl (C=O) groups excluding carboxylic acids is 3. The van der Waals surface area contributed by atoms with E-state index in [0.29, 0.717) is 0 Å². The first kappa shape index (κ1) is 46.8. The van der Waals surface area contributed by atoms with Crippen LogP contribution in [-0.2, 0) is 19.1 Å². The summed E-state index contributed by atoms with van der Waals surface area (Å²) >= 11 is 9.27. The van der Waals surface area contributed by atoms with Gasteiger partial charge in [0.25, 0.3) is 0 Å². The molecule has 6 nitrogen and oxygen atoms in total. The highest BCUT2D eigenvalue weighted by atomic mass is 35.5. The summed E-state index contributed by atoms with van der Waals surface area (Å²) in [5, 5.41) is 13.3. The highest BCUT2D eigenvalue weighted by molar-refractivity contribution is 6.63. The van der Waals surface area contributed by atoms with E-state index in [1.54, 1.807) is 0 Å². The van der Waals surface area contributed by atoms with Crippen molar-refractivity contribution in [1.82, 2.24) is 0 Å². The lowest BCUT2D eigenvalue weighted by Crippen LogP contribution is -1.88. The molecule has 11 heteroatoms. The predicted octanol–water partition coefficient (Wildman–Crippen LogP) is 4.70. The minimum absolute atomic E-state index is 0.245. The smallest absolute Gasteiger partial charge is 0.302 e. The Bertz CT molecular complexity index is 294. The molecule has 0 unspecified atom stereocenters. The molecule has 34 heavy (non-hydrogen) atoms. The van der Waals surface area contributed by atoms with E-state index in [0.717, 1.165) is 14.2 Å². The summed E-state index contributed by atoms with van der Waals surface area (Å²) in [4.78, 5) is 28.0. The van der Waals surface area contributed by atoms with E-state index >= 15 is 0 Å². The fourth-order valence-electron chi connectivity index (χ4n) is 0.750. The first-order valence-corrected chi connectivity index (χ1v) is 11.8. The summed E-state index contributed by atoms with van der Waals surface area (Å²) in [6, 6.07) is 0. The van der Waals surface area contributed by atoms with Crippen LogP contribution in [0.1, 0.15) is 112 Å². The van der Waals surface area contributed by atoms with E-state index in [2.05, 4.69) is 53.1 Å². The van der Waals surface area contributed by atoms with Crippen LogP contribution in [0.3, 0.4) is 0 Å². The van der Waals surface area contributed by atoms with Crippen LogP contribution in [0, 0.1) is 0 Å². The fraction of sp³-hybridized carbons (Fsp3) is 0.870. The number of hydrogen-bond acceptors (Lipinski definition) is 6. The molecule has 0 heterocycles. The van der Waals surface area contributed by atoms with Gasteiger partial charge in [0.15, 0.2) is 0 Å². The summed E-state index contributed by atoms with van der Waals surface area (Å²) in [5.41, 5.74) is 0. The van der Waals surface area contributed by atoms with Crippen molar-refractivity contribution in [2.24, 2.45) is 0 Å². The molecule has 0 aromatic rings. The molecular formula is C23H53B3Cl2O6. The number of rotatable bonds is 0. The van der Waals surface area contributed by atoms with E-state index in [-0.39, 0.29) is 16.5 Å². The third-order valence-electron chi connectivity index (χ3n) is 3.29. The van der Waals surface area contributed by atoms with E-state index < -0.39 is 0 Å². The van der Waals surface area contributed by atoms with Crippen LogP contribution < -0.4 is 0 Å². The number of ether oxygens (including phenoxy) is 1. The van der Waals surface area contributed by atoms with Crippen molar-refractivity contribution in [1.29, 1.82) is 4.01 Å². The maximum absolute atomic E-state index is 9.59. The molecule has 0 amide bonds. The van der Waals surface area contributed by atoms with Gasteiger partial charge in [0.1, 0.15) is 0 Å². The fourth-order valence-corrected chi connectivity index (χ4v) is 0.750.